The molecule has 0 spiro atoms. The van der Waals surface area contributed by atoms with Gasteiger partial charge in [0.25, 0.3) is 0 Å². The SMILES string of the molecule is CCOC(=O)CCN(CCNCCNCCN(CCC(=O)OC)CCC(=O)OC)CCC(=O)OC. The normalized spacial score (nSPS) is 10.9. The number of carbonyl (C=O) groups excluding carboxylic acids is 4. The highest BCUT2D eigenvalue weighted by molar-refractivity contribution is 5.70. The fourth-order valence-electron chi connectivity index (χ4n) is 3.11. The summed E-state index contributed by atoms with van der Waals surface area (Å²) in [4.78, 5) is 50.0. The summed E-state index contributed by atoms with van der Waals surface area (Å²) in [5.41, 5.74) is 0. The van der Waals surface area contributed by atoms with Crippen LogP contribution in [0.4, 0.5) is 0 Å². The number of rotatable bonds is 22. The fraction of sp³-hybridized carbons (Fsp3) is 0.826. The van der Waals surface area contributed by atoms with Gasteiger partial charge < -0.3 is 39.4 Å². The van der Waals surface area contributed by atoms with Crippen molar-refractivity contribution in [2.75, 3.05) is 93.4 Å². The van der Waals surface area contributed by atoms with Gasteiger partial charge in [0.05, 0.1) is 53.6 Å². The summed E-state index contributed by atoms with van der Waals surface area (Å²) in [7, 11) is 4.07. The molecule has 35 heavy (non-hydrogen) atoms. The number of carbonyl (C=O) groups is 4. The molecule has 0 aromatic heterocycles. The Hall–Kier alpha value is -2.28. The monoisotopic (exact) mass is 504 g/mol. The summed E-state index contributed by atoms with van der Waals surface area (Å²) in [5, 5.41) is 6.68. The van der Waals surface area contributed by atoms with Crippen LogP contribution in [-0.4, -0.2) is 127 Å². The molecule has 0 unspecified atom stereocenters. The van der Waals surface area contributed by atoms with Crippen LogP contribution in [-0.2, 0) is 38.1 Å². The van der Waals surface area contributed by atoms with Crippen LogP contribution in [0.5, 0.6) is 0 Å². The zero-order chi connectivity index (χ0) is 26.3. The topological polar surface area (TPSA) is 136 Å². The van der Waals surface area contributed by atoms with Crippen molar-refractivity contribution < 1.29 is 38.1 Å². The van der Waals surface area contributed by atoms with E-state index in [9.17, 15) is 19.2 Å². The Bertz CT molecular complexity index is 586. The molecule has 0 heterocycles. The number of hydrogen-bond acceptors (Lipinski definition) is 12. The van der Waals surface area contributed by atoms with E-state index in [0.717, 1.165) is 13.1 Å². The third kappa shape index (κ3) is 19.7. The minimum Gasteiger partial charge on any atom is -0.469 e. The lowest BCUT2D eigenvalue weighted by molar-refractivity contribution is -0.144. The molecule has 2 N–H and O–H groups in total. The molecule has 0 saturated carbocycles. The molecule has 0 radical (unpaired) electrons. The quantitative estimate of drug-likeness (QED) is 0.111. The van der Waals surface area contributed by atoms with Crippen LogP contribution in [0.2, 0.25) is 0 Å². The van der Waals surface area contributed by atoms with E-state index in [1.54, 1.807) is 6.92 Å². The zero-order valence-corrected chi connectivity index (χ0v) is 21.8. The van der Waals surface area contributed by atoms with Crippen LogP contribution in [0.15, 0.2) is 0 Å². The number of hydrogen-bond donors (Lipinski definition) is 2. The molecule has 0 aliphatic heterocycles. The number of ether oxygens (including phenoxy) is 4. The molecule has 0 fully saturated rings. The number of nitrogens with zero attached hydrogens (tertiary/aromatic N) is 2. The van der Waals surface area contributed by atoms with E-state index >= 15 is 0 Å². The van der Waals surface area contributed by atoms with E-state index in [-0.39, 0.29) is 49.6 Å². The van der Waals surface area contributed by atoms with Gasteiger partial charge in [-0.3, -0.25) is 19.2 Å². The summed E-state index contributed by atoms with van der Waals surface area (Å²) < 4.78 is 19.0. The van der Waals surface area contributed by atoms with Crippen molar-refractivity contribution in [1.29, 1.82) is 0 Å². The molecule has 0 aliphatic rings. The third-order valence-electron chi connectivity index (χ3n) is 5.21. The van der Waals surface area contributed by atoms with E-state index in [1.165, 1.54) is 21.3 Å². The molecule has 204 valence electrons. The smallest absolute Gasteiger partial charge is 0.307 e. The number of methoxy groups -OCH3 is 3. The maximum atomic E-state index is 11.6. The highest BCUT2D eigenvalue weighted by Crippen LogP contribution is 1.98. The van der Waals surface area contributed by atoms with Crippen molar-refractivity contribution in [1.82, 2.24) is 20.4 Å². The largest absolute Gasteiger partial charge is 0.469 e. The van der Waals surface area contributed by atoms with Crippen molar-refractivity contribution in [2.24, 2.45) is 0 Å². The summed E-state index contributed by atoms with van der Waals surface area (Å²) in [6, 6.07) is 0. The number of esters is 4. The van der Waals surface area contributed by atoms with Crippen LogP contribution >= 0.6 is 0 Å². The Morgan fingerprint density at radius 3 is 1.20 bits per heavy atom. The van der Waals surface area contributed by atoms with E-state index in [0.29, 0.717) is 59.0 Å². The standard InChI is InChI=1S/C23H44N4O8/c1-5-35-23(31)9-17-27(16-8-22(30)34-4)19-13-25-11-10-24-12-18-26(14-6-20(28)32-2)15-7-21(29)33-3/h24-25H,5-19H2,1-4H3. The molecular formula is C23H44N4O8. The van der Waals surface area contributed by atoms with Crippen LogP contribution < -0.4 is 10.6 Å². The Kier molecular flexibility index (Phi) is 20.8. The Morgan fingerprint density at radius 1 is 0.543 bits per heavy atom. The van der Waals surface area contributed by atoms with Gasteiger partial charge in [0.2, 0.25) is 0 Å². The average molecular weight is 505 g/mol. The predicted molar refractivity (Wildman–Crippen MR) is 130 cm³/mol. The van der Waals surface area contributed by atoms with Crippen molar-refractivity contribution in [3.8, 4) is 0 Å². The fourth-order valence-corrected chi connectivity index (χ4v) is 3.11. The molecule has 0 aromatic carbocycles. The van der Waals surface area contributed by atoms with E-state index < -0.39 is 0 Å². The molecule has 12 nitrogen and oxygen atoms in total. The molecule has 12 heteroatoms. The summed E-state index contributed by atoms with van der Waals surface area (Å²) >= 11 is 0. The van der Waals surface area contributed by atoms with Crippen LogP contribution in [0.1, 0.15) is 32.6 Å². The van der Waals surface area contributed by atoms with E-state index in [2.05, 4.69) is 20.1 Å². The van der Waals surface area contributed by atoms with Gasteiger partial charge in [0, 0.05) is 65.4 Å². The lowest BCUT2D eigenvalue weighted by Crippen LogP contribution is -2.39. The number of nitrogens with one attached hydrogen (secondary N) is 2. The van der Waals surface area contributed by atoms with Crippen LogP contribution in [0.3, 0.4) is 0 Å². The molecule has 0 rings (SSSR count). The predicted octanol–water partition coefficient (Wildman–Crippen LogP) is -0.588. The second kappa shape index (κ2) is 22.2. The van der Waals surface area contributed by atoms with Gasteiger partial charge in [0.15, 0.2) is 0 Å². The van der Waals surface area contributed by atoms with Crippen molar-refractivity contribution in [3.63, 3.8) is 0 Å². The second-order valence-electron chi connectivity index (χ2n) is 7.72. The first-order chi connectivity index (χ1) is 16.9. The zero-order valence-electron chi connectivity index (χ0n) is 21.8. The Labute approximate surface area is 208 Å². The molecule has 0 aliphatic carbocycles. The highest BCUT2D eigenvalue weighted by Gasteiger charge is 2.12. The molecule has 0 aromatic rings. The van der Waals surface area contributed by atoms with Crippen LogP contribution in [0.25, 0.3) is 0 Å². The summed E-state index contributed by atoms with van der Waals surface area (Å²) in [6.45, 7) is 8.44. The van der Waals surface area contributed by atoms with Gasteiger partial charge in [-0.1, -0.05) is 0 Å². The molecule has 0 amide bonds. The van der Waals surface area contributed by atoms with Gasteiger partial charge in [-0.05, 0) is 6.92 Å². The highest BCUT2D eigenvalue weighted by atomic mass is 16.5. The lowest BCUT2D eigenvalue weighted by atomic mass is 10.3. The van der Waals surface area contributed by atoms with Gasteiger partial charge in [-0.25, -0.2) is 0 Å². The first kappa shape index (κ1) is 32.7. The maximum absolute atomic E-state index is 11.6. The van der Waals surface area contributed by atoms with Crippen molar-refractivity contribution >= 4 is 23.9 Å². The minimum atomic E-state index is -0.284. The lowest BCUT2D eigenvalue weighted by Gasteiger charge is -2.22. The second-order valence-corrected chi connectivity index (χ2v) is 7.72. The van der Waals surface area contributed by atoms with Gasteiger partial charge in [0.1, 0.15) is 0 Å². The van der Waals surface area contributed by atoms with Gasteiger partial charge in [-0.15, -0.1) is 0 Å². The third-order valence-corrected chi connectivity index (χ3v) is 5.21. The average Bonchev–Trinajstić information content (AvgIpc) is 2.86. The van der Waals surface area contributed by atoms with Gasteiger partial charge >= 0.3 is 23.9 Å². The van der Waals surface area contributed by atoms with E-state index in [1.807, 2.05) is 9.80 Å². The summed E-state index contributed by atoms with van der Waals surface area (Å²) in [5.74, 6) is -1.10. The van der Waals surface area contributed by atoms with Crippen molar-refractivity contribution in [3.05, 3.63) is 0 Å². The Balaban J connectivity index is 4.19. The maximum Gasteiger partial charge on any atom is 0.307 e. The Morgan fingerprint density at radius 2 is 0.886 bits per heavy atom. The molecule has 0 atom stereocenters. The van der Waals surface area contributed by atoms with Crippen LogP contribution in [0, 0.1) is 0 Å². The first-order valence-electron chi connectivity index (χ1n) is 12.1. The molecule has 0 saturated heterocycles. The van der Waals surface area contributed by atoms with E-state index in [4.69, 9.17) is 9.47 Å². The summed E-state index contributed by atoms with van der Waals surface area (Å²) in [6.07, 6.45) is 1.08. The first-order valence-corrected chi connectivity index (χ1v) is 12.1. The van der Waals surface area contributed by atoms with Crippen molar-refractivity contribution in [2.45, 2.75) is 32.6 Å². The molecular weight excluding hydrogens is 460 g/mol. The molecule has 0 bridgehead atoms. The minimum absolute atomic E-state index is 0.250. The van der Waals surface area contributed by atoms with Gasteiger partial charge in [-0.2, -0.15) is 0 Å².